The fraction of sp³-hybridized carbons (Fsp3) is 0.647. The van der Waals surface area contributed by atoms with Crippen molar-refractivity contribution >= 4 is 5.91 Å². The van der Waals surface area contributed by atoms with Gasteiger partial charge in [0, 0.05) is 31.8 Å². The summed E-state index contributed by atoms with van der Waals surface area (Å²) < 4.78 is 7.71. The number of hydrogen-bond donors (Lipinski definition) is 1. The van der Waals surface area contributed by atoms with Crippen molar-refractivity contribution in [1.29, 1.82) is 0 Å². The highest BCUT2D eigenvalue weighted by Gasteiger charge is 2.34. The molecule has 0 spiro atoms. The number of H-pyrrole nitrogens is 1. The summed E-state index contributed by atoms with van der Waals surface area (Å²) in [4.78, 5) is 18.7. The van der Waals surface area contributed by atoms with E-state index in [1.54, 1.807) is 11.9 Å². The number of aromatic amines is 1. The van der Waals surface area contributed by atoms with Crippen molar-refractivity contribution in [3.63, 3.8) is 0 Å². The number of rotatable bonds is 4. The summed E-state index contributed by atoms with van der Waals surface area (Å²) in [6.07, 6.45) is 2.29. The van der Waals surface area contributed by atoms with E-state index in [4.69, 9.17) is 4.74 Å². The second-order valence-electron chi connectivity index (χ2n) is 7.61. The number of aryl methyl sites for hydroxylation is 1. The minimum absolute atomic E-state index is 0.0901. The van der Waals surface area contributed by atoms with E-state index < -0.39 is 0 Å². The monoisotopic (exact) mass is 346 g/mol. The van der Waals surface area contributed by atoms with E-state index in [2.05, 4.69) is 41.1 Å². The summed E-state index contributed by atoms with van der Waals surface area (Å²) in [6, 6.07) is 1.84. The van der Waals surface area contributed by atoms with Gasteiger partial charge in [-0.1, -0.05) is 0 Å². The van der Waals surface area contributed by atoms with Crippen LogP contribution in [0.25, 0.3) is 0 Å². The molecule has 8 nitrogen and oxygen atoms in total. The van der Waals surface area contributed by atoms with Gasteiger partial charge in [0.15, 0.2) is 5.69 Å². The normalized spacial score (nSPS) is 20.8. The standard InChI is InChI=1S/C17H26N6O2/c1-11-8-13(21-23(11)17(2,3)4)16(24)22(5)9-14-12(6-7-25-14)15-18-10-19-20-15/h8,10,12,14H,6-7,9H2,1-5H3,(H,18,19,20)/t12-,14-/m1/s1. The van der Waals surface area contributed by atoms with Crippen LogP contribution < -0.4 is 0 Å². The van der Waals surface area contributed by atoms with E-state index in [1.165, 1.54) is 6.33 Å². The number of nitrogens with one attached hydrogen (secondary N) is 1. The van der Waals surface area contributed by atoms with Crippen molar-refractivity contribution < 1.29 is 9.53 Å². The van der Waals surface area contributed by atoms with E-state index in [-0.39, 0.29) is 23.5 Å². The molecule has 1 aliphatic rings. The Bertz CT molecular complexity index is 731. The lowest BCUT2D eigenvalue weighted by molar-refractivity contribution is 0.0545. The maximum atomic E-state index is 12.8. The third kappa shape index (κ3) is 3.58. The highest BCUT2D eigenvalue weighted by atomic mass is 16.5. The van der Waals surface area contributed by atoms with Gasteiger partial charge in [0.05, 0.1) is 11.6 Å². The minimum Gasteiger partial charge on any atom is -0.376 e. The van der Waals surface area contributed by atoms with Crippen LogP contribution in [0.2, 0.25) is 0 Å². The first-order valence-electron chi connectivity index (χ1n) is 8.57. The maximum absolute atomic E-state index is 12.8. The molecule has 1 amide bonds. The summed E-state index contributed by atoms with van der Waals surface area (Å²) in [5.74, 6) is 0.848. The lowest BCUT2D eigenvalue weighted by Gasteiger charge is -2.23. The number of aromatic nitrogens is 5. The number of ether oxygens (including phenoxy) is 1. The highest BCUT2D eigenvalue weighted by Crippen LogP contribution is 2.29. The molecule has 3 heterocycles. The molecule has 2 atom stereocenters. The third-order valence-corrected chi connectivity index (χ3v) is 4.54. The summed E-state index contributed by atoms with van der Waals surface area (Å²) in [5.41, 5.74) is 1.28. The lowest BCUT2D eigenvalue weighted by Crippen LogP contribution is -2.37. The Labute approximate surface area is 147 Å². The van der Waals surface area contributed by atoms with E-state index in [0.717, 1.165) is 17.9 Å². The quantitative estimate of drug-likeness (QED) is 0.910. The molecule has 1 N–H and O–H groups in total. The summed E-state index contributed by atoms with van der Waals surface area (Å²) in [5, 5.41) is 11.3. The van der Waals surface area contributed by atoms with E-state index in [0.29, 0.717) is 18.8 Å². The molecule has 1 fully saturated rings. The number of amides is 1. The molecule has 2 aromatic rings. The Morgan fingerprint density at radius 2 is 2.24 bits per heavy atom. The van der Waals surface area contributed by atoms with Crippen molar-refractivity contribution in [3.05, 3.63) is 29.6 Å². The largest absolute Gasteiger partial charge is 0.376 e. The zero-order valence-corrected chi connectivity index (χ0v) is 15.5. The first-order chi connectivity index (χ1) is 11.8. The van der Waals surface area contributed by atoms with Crippen molar-refractivity contribution in [2.24, 2.45) is 0 Å². The Morgan fingerprint density at radius 1 is 1.48 bits per heavy atom. The predicted molar refractivity (Wildman–Crippen MR) is 92.4 cm³/mol. The molecule has 0 saturated carbocycles. The molecule has 0 unspecified atom stereocenters. The van der Waals surface area contributed by atoms with Gasteiger partial charge in [-0.3, -0.25) is 14.6 Å². The zero-order valence-electron chi connectivity index (χ0n) is 15.5. The average Bonchev–Trinajstić information content (AvgIpc) is 3.24. The molecule has 1 aliphatic heterocycles. The van der Waals surface area contributed by atoms with Crippen molar-refractivity contribution in [3.8, 4) is 0 Å². The van der Waals surface area contributed by atoms with Crippen LogP contribution in [-0.2, 0) is 10.3 Å². The van der Waals surface area contributed by atoms with Crippen LogP contribution in [0.5, 0.6) is 0 Å². The second kappa shape index (κ2) is 6.59. The Morgan fingerprint density at radius 3 is 2.84 bits per heavy atom. The Hall–Kier alpha value is -2.22. The van der Waals surface area contributed by atoms with Gasteiger partial charge in [0.1, 0.15) is 12.2 Å². The molecule has 0 aliphatic carbocycles. The van der Waals surface area contributed by atoms with Crippen molar-refractivity contribution in [2.45, 2.75) is 51.7 Å². The molecular weight excluding hydrogens is 320 g/mol. The second-order valence-corrected chi connectivity index (χ2v) is 7.61. The molecule has 1 saturated heterocycles. The van der Waals surface area contributed by atoms with Crippen LogP contribution in [0.1, 0.15) is 55.1 Å². The van der Waals surface area contributed by atoms with Crippen LogP contribution in [0.4, 0.5) is 0 Å². The first kappa shape index (κ1) is 17.6. The number of hydrogen-bond acceptors (Lipinski definition) is 5. The van der Waals surface area contributed by atoms with Gasteiger partial charge >= 0.3 is 0 Å². The molecule has 136 valence electrons. The summed E-state index contributed by atoms with van der Waals surface area (Å²) >= 11 is 0. The summed E-state index contributed by atoms with van der Waals surface area (Å²) in [6.45, 7) is 9.33. The molecular formula is C17H26N6O2. The van der Waals surface area contributed by atoms with E-state index in [1.807, 2.05) is 17.7 Å². The fourth-order valence-electron chi connectivity index (χ4n) is 3.34. The SMILES string of the molecule is Cc1cc(C(=O)N(C)C[C@H]2OCC[C@H]2c2ncn[nH]2)nn1C(C)(C)C. The zero-order chi connectivity index (χ0) is 18.2. The van der Waals surface area contributed by atoms with E-state index in [9.17, 15) is 4.79 Å². The lowest BCUT2D eigenvalue weighted by atomic mass is 10.0. The van der Waals surface area contributed by atoms with Gasteiger partial charge in [0.25, 0.3) is 5.91 Å². The molecule has 25 heavy (non-hydrogen) atoms. The number of likely N-dealkylation sites (N-methyl/N-ethyl adjacent to an activating group) is 1. The number of carbonyl (C=O) groups excluding carboxylic acids is 1. The Balaban J connectivity index is 1.71. The fourth-order valence-corrected chi connectivity index (χ4v) is 3.34. The van der Waals surface area contributed by atoms with Gasteiger partial charge in [-0.05, 0) is 40.2 Å². The maximum Gasteiger partial charge on any atom is 0.274 e. The van der Waals surface area contributed by atoms with Gasteiger partial charge in [-0.25, -0.2) is 4.98 Å². The Kier molecular flexibility index (Phi) is 4.64. The molecule has 0 bridgehead atoms. The molecule has 8 heteroatoms. The first-order valence-corrected chi connectivity index (χ1v) is 8.57. The smallest absolute Gasteiger partial charge is 0.274 e. The number of nitrogens with zero attached hydrogens (tertiary/aromatic N) is 5. The van der Waals surface area contributed by atoms with Gasteiger partial charge in [0.2, 0.25) is 0 Å². The van der Waals surface area contributed by atoms with Crippen LogP contribution in [0, 0.1) is 6.92 Å². The highest BCUT2D eigenvalue weighted by molar-refractivity contribution is 5.92. The predicted octanol–water partition coefficient (Wildman–Crippen LogP) is 1.71. The van der Waals surface area contributed by atoms with Crippen molar-refractivity contribution in [1.82, 2.24) is 29.9 Å². The molecule has 0 radical (unpaired) electrons. The molecule has 0 aromatic carbocycles. The minimum atomic E-state index is -0.160. The average molecular weight is 346 g/mol. The molecule has 3 rings (SSSR count). The van der Waals surface area contributed by atoms with Crippen LogP contribution >= 0.6 is 0 Å². The van der Waals surface area contributed by atoms with Gasteiger partial charge in [-0.15, -0.1) is 0 Å². The van der Waals surface area contributed by atoms with Crippen LogP contribution in [-0.4, -0.2) is 62.1 Å². The van der Waals surface area contributed by atoms with Crippen LogP contribution in [0.3, 0.4) is 0 Å². The number of carbonyl (C=O) groups is 1. The third-order valence-electron chi connectivity index (χ3n) is 4.54. The topological polar surface area (TPSA) is 88.9 Å². The molecule has 2 aromatic heterocycles. The van der Waals surface area contributed by atoms with E-state index >= 15 is 0 Å². The summed E-state index contributed by atoms with van der Waals surface area (Å²) in [7, 11) is 1.78. The van der Waals surface area contributed by atoms with Gasteiger partial charge in [-0.2, -0.15) is 10.2 Å². The van der Waals surface area contributed by atoms with Crippen molar-refractivity contribution in [2.75, 3.05) is 20.2 Å². The van der Waals surface area contributed by atoms with Gasteiger partial charge < -0.3 is 9.64 Å². The van der Waals surface area contributed by atoms with Crippen LogP contribution in [0.15, 0.2) is 12.4 Å².